The van der Waals surface area contributed by atoms with Crippen LogP contribution in [-0.2, 0) is 14.3 Å². The van der Waals surface area contributed by atoms with E-state index in [9.17, 15) is 4.79 Å². The Labute approximate surface area is 96.8 Å². The molecular weight excluding hydrogens is 204 g/mol. The molecule has 1 saturated carbocycles. The van der Waals surface area contributed by atoms with Gasteiger partial charge in [0.05, 0.1) is 13.2 Å². The van der Waals surface area contributed by atoms with Gasteiger partial charge in [0, 0.05) is 0 Å². The number of carbonyl (C=O) groups excluding carboxylic acids is 1. The Morgan fingerprint density at radius 3 is 2.75 bits per heavy atom. The number of esters is 1. The number of carbonyl (C=O) groups is 1. The standard InChI is InChI=1S/C13H20O3/c1-15-13(14)12-9-5-8-11(16-12)10-6-3-2-4-7-10/h5,9-12H,2-4,6-8H2,1H3/t11-,12+/m1/s1. The molecule has 0 unspecified atom stereocenters. The van der Waals surface area contributed by atoms with Gasteiger partial charge in [-0.3, -0.25) is 0 Å². The zero-order valence-corrected chi connectivity index (χ0v) is 9.85. The van der Waals surface area contributed by atoms with Crippen LogP contribution in [0.4, 0.5) is 0 Å². The van der Waals surface area contributed by atoms with Crippen LogP contribution in [0.2, 0.25) is 0 Å². The molecule has 16 heavy (non-hydrogen) atoms. The molecule has 1 aliphatic carbocycles. The molecular formula is C13H20O3. The van der Waals surface area contributed by atoms with Crippen LogP contribution in [0.1, 0.15) is 38.5 Å². The summed E-state index contributed by atoms with van der Waals surface area (Å²) in [5.41, 5.74) is 0. The molecule has 0 spiro atoms. The fourth-order valence-electron chi connectivity index (χ4n) is 2.69. The SMILES string of the molecule is COC(=O)[C@@H]1C=CC[C@H](C2CCCCC2)O1. The zero-order valence-electron chi connectivity index (χ0n) is 9.85. The number of hydrogen-bond acceptors (Lipinski definition) is 3. The first-order valence-corrected chi connectivity index (χ1v) is 6.21. The van der Waals surface area contributed by atoms with Crippen molar-refractivity contribution in [1.29, 1.82) is 0 Å². The van der Waals surface area contributed by atoms with Crippen molar-refractivity contribution in [3.63, 3.8) is 0 Å². The Balaban J connectivity index is 1.92. The molecule has 2 atom stereocenters. The molecule has 1 aliphatic heterocycles. The van der Waals surface area contributed by atoms with E-state index in [1.165, 1.54) is 39.2 Å². The maximum Gasteiger partial charge on any atom is 0.339 e. The molecule has 0 aromatic carbocycles. The van der Waals surface area contributed by atoms with E-state index < -0.39 is 6.10 Å². The van der Waals surface area contributed by atoms with Crippen LogP contribution in [0, 0.1) is 5.92 Å². The molecule has 0 aromatic heterocycles. The van der Waals surface area contributed by atoms with Gasteiger partial charge in [0.25, 0.3) is 0 Å². The van der Waals surface area contributed by atoms with Gasteiger partial charge in [-0.2, -0.15) is 0 Å². The van der Waals surface area contributed by atoms with Gasteiger partial charge >= 0.3 is 5.97 Å². The molecule has 1 heterocycles. The molecule has 0 bridgehead atoms. The lowest BCUT2D eigenvalue weighted by Gasteiger charge is -2.33. The summed E-state index contributed by atoms with van der Waals surface area (Å²) in [5, 5.41) is 0. The van der Waals surface area contributed by atoms with Crippen LogP contribution < -0.4 is 0 Å². The number of ether oxygens (including phenoxy) is 2. The average molecular weight is 224 g/mol. The maximum absolute atomic E-state index is 11.4. The molecule has 3 nitrogen and oxygen atoms in total. The van der Waals surface area contributed by atoms with Crippen molar-refractivity contribution in [2.24, 2.45) is 5.92 Å². The lowest BCUT2D eigenvalue weighted by molar-refractivity contribution is -0.157. The second kappa shape index (κ2) is 5.48. The highest BCUT2D eigenvalue weighted by Gasteiger charge is 2.30. The summed E-state index contributed by atoms with van der Waals surface area (Å²) in [7, 11) is 1.41. The van der Waals surface area contributed by atoms with E-state index in [1.807, 2.05) is 6.08 Å². The fraction of sp³-hybridized carbons (Fsp3) is 0.769. The highest BCUT2D eigenvalue weighted by molar-refractivity contribution is 5.76. The lowest BCUT2D eigenvalue weighted by atomic mass is 9.83. The number of rotatable bonds is 2. The molecule has 2 aliphatic rings. The van der Waals surface area contributed by atoms with E-state index in [-0.39, 0.29) is 12.1 Å². The van der Waals surface area contributed by atoms with Crippen molar-refractivity contribution in [2.75, 3.05) is 7.11 Å². The molecule has 0 N–H and O–H groups in total. The molecule has 0 aromatic rings. The third kappa shape index (κ3) is 2.64. The topological polar surface area (TPSA) is 35.5 Å². The monoisotopic (exact) mass is 224 g/mol. The zero-order chi connectivity index (χ0) is 11.4. The van der Waals surface area contributed by atoms with Crippen molar-refractivity contribution in [3.8, 4) is 0 Å². The van der Waals surface area contributed by atoms with Gasteiger partial charge in [-0.05, 0) is 31.3 Å². The van der Waals surface area contributed by atoms with Crippen LogP contribution in [0.5, 0.6) is 0 Å². The summed E-state index contributed by atoms with van der Waals surface area (Å²) in [6.07, 6.45) is 11.0. The van der Waals surface area contributed by atoms with Crippen LogP contribution in [0.15, 0.2) is 12.2 Å². The lowest BCUT2D eigenvalue weighted by Crippen LogP contribution is -2.36. The Morgan fingerprint density at radius 1 is 1.31 bits per heavy atom. The molecule has 0 saturated heterocycles. The number of hydrogen-bond donors (Lipinski definition) is 0. The van der Waals surface area contributed by atoms with Crippen molar-refractivity contribution in [1.82, 2.24) is 0 Å². The Morgan fingerprint density at radius 2 is 2.06 bits per heavy atom. The Kier molecular flexibility index (Phi) is 3.99. The van der Waals surface area contributed by atoms with Gasteiger partial charge < -0.3 is 9.47 Å². The maximum atomic E-state index is 11.4. The molecule has 90 valence electrons. The Hall–Kier alpha value is -0.830. The van der Waals surface area contributed by atoms with Crippen molar-refractivity contribution in [2.45, 2.75) is 50.7 Å². The summed E-state index contributed by atoms with van der Waals surface area (Å²) < 4.78 is 10.5. The van der Waals surface area contributed by atoms with Crippen molar-refractivity contribution >= 4 is 5.97 Å². The fourth-order valence-corrected chi connectivity index (χ4v) is 2.69. The largest absolute Gasteiger partial charge is 0.467 e. The number of methoxy groups -OCH3 is 1. The normalized spacial score (nSPS) is 31.3. The smallest absolute Gasteiger partial charge is 0.339 e. The molecule has 1 fully saturated rings. The van der Waals surface area contributed by atoms with E-state index in [2.05, 4.69) is 6.08 Å². The summed E-state index contributed by atoms with van der Waals surface area (Å²) >= 11 is 0. The van der Waals surface area contributed by atoms with Gasteiger partial charge in [-0.1, -0.05) is 25.3 Å². The molecule has 3 heteroatoms. The molecule has 0 amide bonds. The third-order valence-electron chi connectivity index (χ3n) is 3.61. The van der Waals surface area contributed by atoms with Crippen molar-refractivity contribution < 1.29 is 14.3 Å². The minimum absolute atomic E-state index is 0.217. The van der Waals surface area contributed by atoms with Gasteiger partial charge in [0.15, 0.2) is 6.10 Å². The predicted molar refractivity (Wildman–Crippen MR) is 61.0 cm³/mol. The summed E-state index contributed by atoms with van der Waals surface area (Å²) in [5.74, 6) is 0.350. The van der Waals surface area contributed by atoms with Gasteiger partial charge in [0.2, 0.25) is 0 Å². The third-order valence-corrected chi connectivity index (χ3v) is 3.61. The van der Waals surface area contributed by atoms with Crippen molar-refractivity contribution in [3.05, 3.63) is 12.2 Å². The first kappa shape index (κ1) is 11.6. The highest BCUT2D eigenvalue weighted by Crippen LogP contribution is 2.31. The van der Waals surface area contributed by atoms with E-state index in [4.69, 9.17) is 9.47 Å². The van der Waals surface area contributed by atoms with Gasteiger partial charge in [-0.15, -0.1) is 0 Å². The first-order chi connectivity index (χ1) is 7.81. The van der Waals surface area contributed by atoms with E-state index in [0.717, 1.165) is 6.42 Å². The molecule has 2 rings (SSSR count). The van der Waals surface area contributed by atoms with E-state index in [1.54, 1.807) is 0 Å². The van der Waals surface area contributed by atoms with Gasteiger partial charge in [0.1, 0.15) is 0 Å². The first-order valence-electron chi connectivity index (χ1n) is 6.21. The van der Waals surface area contributed by atoms with E-state index in [0.29, 0.717) is 5.92 Å². The van der Waals surface area contributed by atoms with Gasteiger partial charge in [-0.25, -0.2) is 4.79 Å². The van der Waals surface area contributed by atoms with E-state index >= 15 is 0 Å². The second-order valence-corrected chi connectivity index (χ2v) is 4.68. The van der Waals surface area contributed by atoms with Crippen LogP contribution in [0.25, 0.3) is 0 Å². The molecule has 0 radical (unpaired) electrons. The minimum atomic E-state index is -0.481. The summed E-state index contributed by atoms with van der Waals surface area (Å²) in [6.45, 7) is 0. The second-order valence-electron chi connectivity index (χ2n) is 4.68. The van der Waals surface area contributed by atoms with Crippen LogP contribution in [0.3, 0.4) is 0 Å². The Bertz CT molecular complexity index is 266. The quantitative estimate of drug-likeness (QED) is 0.534. The average Bonchev–Trinajstić information content (AvgIpc) is 2.39. The van der Waals surface area contributed by atoms with Crippen LogP contribution >= 0.6 is 0 Å². The highest BCUT2D eigenvalue weighted by atomic mass is 16.6. The summed E-state index contributed by atoms with van der Waals surface area (Å²) in [4.78, 5) is 11.4. The predicted octanol–water partition coefficient (Wildman–Crippen LogP) is 2.45. The van der Waals surface area contributed by atoms with Crippen LogP contribution in [-0.4, -0.2) is 25.3 Å². The summed E-state index contributed by atoms with van der Waals surface area (Å²) in [6, 6.07) is 0. The minimum Gasteiger partial charge on any atom is -0.467 e.